The molecular weight excluding hydrogens is 96.1 g/mol. The topological polar surface area (TPSA) is 38.0 Å². The average Bonchev–Trinajstić information content (AvgIpc) is 1.86. The Bertz CT molecular complexity index is 78.9. The van der Waals surface area contributed by atoms with E-state index in [0.717, 1.165) is 11.6 Å². The summed E-state index contributed by atoms with van der Waals surface area (Å²) >= 11 is 1.49. The summed E-state index contributed by atoms with van der Waals surface area (Å²) in [6.07, 6.45) is 1.95. The van der Waals surface area contributed by atoms with Crippen LogP contribution in [0.2, 0.25) is 0 Å². The fourth-order valence-corrected chi connectivity index (χ4v) is 0.809. The first kappa shape index (κ1) is 4.02. The van der Waals surface area contributed by atoms with Crippen molar-refractivity contribution in [1.82, 2.24) is 4.72 Å². The fraction of sp³-hybridized carbons (Fsp3) is 0.333. The number of hydrogen-bond donors (Lipinski definition) is 2. The zero-order valence-corrected chi connectivity index (χ0v) is 4.09. The van der Waals surface area contributed by atoms with Gasteiger partial charge < -0.3 is 5.73 Å². The van der Waals surface area contributed by atoms with Gasteiger partial charge in [0.1, 0.15) is 0 Å². The van der Waals surface area contributed by atoms with Gasteiger partial charge in [-0.25, -0.2) is 0 Å². The Balaban J connectivity index is 2.45. The van der Waals surface area contributed by atoms with Crippen molar-refractivity contribution >= 4 is 11.9 Å². The van der Waals surface area contributed by atoms with Crippen LogP contribution in [0.5, 0.6) is 0 Å². The molecule has 34 valence electrons. The Kier molecular flexibility index (Phi) is 1.03. The molecule has 1 rings (SSSR count). The van der Waals surface area contributed by atoms with Gasteiger partial charge in [0.25, 0.3) is 0 Å². The predicted octanol–water partition coefficient (Wildman–Crippen LogP) is 0.0379. The molecule has 3 heteroatoms. The smallest absolute Gasteiger partial charge is 0.0781 e. The van der Waals surface area contributed by atoms with Crippen molar-refractivity contribution in [3.63, 3.8) is 0 Å². The fourth-order valence-electron chi connectivity index (χ4n) is 0.309. The first-order valence-electron chi connectivity index (χ1n) is 1.75. The second-order valence-electron chi connectivity index (χ2n) is 1.06. The van der Waals surface area contributed by atoms with Crippen LogP contribution in [0, 0.1) is 0 Å². The van der Waals surface area contributed by atoms with E-state index in [4.69, 9.17) is 5.73 Å². The highest BCUT2D eigenvalue weighted by Gasteiger charge is 1.95. The van der Waals surface area contributed by atoms with Gasteiger partial charge in [0.2, 0.25) is 0 Å². The molecule has 0 atom stereocenters. The average molecular weight is 102 g/mol. The van der Waals surface area contributed by atoms with E-state index in [2.05, 4.69) is 4.72 Å². The monoisotopic (exact) mass is 102 g/mol. The van der Waals surface area contributed by atoms with Crippen LogP contribution in [0.3, 0.4) is 0 Å². The largest absolute Gasteiger partial charge is 0.393 e. The van der Waals surface area contributed by atoms with Crippen molar-refractivity contribution in [3.8, 4) is 0 Å². The molecular formula is C3H6N2S. The van der Waals surface area contributed by atoms with Gasteiger partial charge >= 0.3 is 0 Å². The summed E-state index contributed by atoms with van der Waals surface area (Å²) in [6.45, 7) is 0.913. The lowest BCUT2D eigenvalue weighted by molar-refractivity contribution is 1.16. The molecule has 1 aliphatic rings. The zero-order chi connectivity index (χ0) is 4.41. The quantitative estimate of drug-likeness (QED) is 0.424. The molecule has 3 N–H and O–H groups in total. The Morgan fingerprint density at radius 1 is 2.00 bits per heavy atom. The third-order valence-corrected chi connectivity index (χ3v) is 1.29. The lowest BCUT2D eigenvalue weighted by Crippen LogP contribution is -1.94. The third-order valence-electron chi connectivity index (χ3n) is 0.577. The predicted molar refractivity (Wildman–Crippen MR) is 27.9 cm³/mol. The summed E-state index contributed by atoms with van der Waals surface area (Å²) in [5, 5.41) is 0.884. The van der Waals surface area contributed by atoms with Crippen LogP contribution in [0.15, 0.2) is 11.1 Å². The molecule has 0 aromatic rings. The second-order valence-corrected chi connectivity index (χ2v) is 2.02. The molecule has 0 radical (unpaired) electrons. The molecule has 0 saturated carbocycles. The zero-order valence-electron chi connectivity index (χ0n) is 3.27. The van der Waals surface area contributed by atoms with Gasteiger partial charge in [0, 0.05) is 6.54 Å². The minimum Gasteiger partial charge on any atom is -0.393 e. The van der Waals surface area contributed by atoms with Crippen molar-refractivity contribution in [3.05, 3.63) is 11.1 Å². The van der Waals surface area contributed by atoms with E-state index in [9.17, 15) is 0 Å². The summed E-state index contributed by atoms with van der Waals surface area (Å²) in [7, 11) is 0. The van der Waals surface area contributed by atoms with Crippen LogP contribution >= 0.6 is 11.9 Å². The second kappa shape index (κ2) is 1.53. The van der Waals surface area contributed by atoms with E-state index in [-0.39, 0.29) is 0 Å². The van der Waals surface area contributed by atoms with Gasteiger partial charge in [-0.3, -0.25) is 4.72 Å². The van der Waals surface area contributed by atoms with Crippen molar-refractivity contribution in [2.75, 3.05) is 6.54 Å². The molecule has 0 unspecified atom stereocenters. The van der Waals surface area contributed by atoms with Gasteiger partial charge in [-0.15, -0.1) is 0 Å². The van der Waals surface area contributed by atoms with Gasteiger partial charge in [-0.1, -0.05) is 0 Å². The lowest BCUT2D eigenvalue weighted by atomic mass is 10.6. The van der Waals surface area contributed by atoms with E-state index < -0.39 is 0 Å². The summed E-state index contributed by atoms with van der Waals surface area (Å²) < 4.78 is 2.97. The highest BCUT2D eigenvalue weighted by atomic mass is 32.2. The lowest BCUT2D eigenvalue weighted by Gasteiger charge is -1.83. The van der Waals surface area contributed by atoms with E-state index in [1.54, 1.807) is 0 Å². The van der Waals surface area contributed by atoms with Crippen molar-refractivity contribution < 1.29 is 0 Å². The van der Waals surface area contributed by atoms with Gasteiger partial charge in [0.15, 0.2) is 0 Å². The van der Waals surface area contributed by atoms with E-state index in [0.29, 0.717) is 0 Å². The normalized spacial score (nSPS) is 21.0. The summed E-state index contributed by atoms with van der Waals surface area (Å²) in [5.74, 6) is 0. The van der Waals surface area contributed by atoms with Crippen LogP contribution < -0.4 is 10.5 Å². The molecule has 0 aromatic heterocycles. The van der Waals surface area contributed by atoms with Gasteiger partial charge in [0.05, 0.1) is 5.03 Å². The summed E-state index contributed by atoms with van der Waals surface area (Å²) in [5.41, 5.74) is 5.30. The van der Waals surface area contributed by atoms with Gasteiger partial charge in [-0.2, -0.15) is 0 Å². The Hall–Kier alpha value is -0.150. The Morgan fingerprint density at radius 2 is 2.83 bits per heavy atom. The maximum absolute atomic E-state index is 5.30. The molecule has 6 heavy (non-hydrogen) atoms. The molecule has 0 bridgehead atoms. The Morgan fingerprint density at radius 3 is 3.00 bits per heavy atom. The maximum atomic E-state index is 5.30. The van der Waals surface area contributed by atoms with E-state index in [1.807, 2.05) is 6.08 Å². The molecule has 0 aromatic carbocycles. The first-order valence-corrected chi connectivity index (χ1v) is 2.56. The minimum absolute atomic E-state index is 0.884. The number of nitrogens with two attached hydrogens (primary N) is 1. The van der Waals surface area contributed by atoms with Crippen LogP contribution in [-0.2, 0) is 0 Å². The van der Waals surface area contributed by atoms with Crippen LogP contribution in [0.1, 0.15) is 0 Å². The third kappa shape index (κ3) is 0.666. The molecule has 0 saturated heterocycles. The molecule has 1 aliphatic heterocycles. The van der Waals surface area contributed by atoms with Crippen LogP contribution in [-0.4, -0.2) is 6.54 Å². The number of hydrogen-bond acceptors (Lipinski definition) is 3. The molecule has 0 fully saturated rings. The molecule has 1 heterocycles. The first-order chi connectivity index (χ1) is 2.89. The van der Waals surface area contributed by atoms with Crippen molar-refractivity contribution in [1.29, 1.82) is 0 Å². The standard InChI is InChI=1S/C3H6N2S/c4-3-1-2-5-6-3/h1,5H,2,4H2. The Labute approximate surface area is 40.9 Å². The molecule has 0 amide bonds. The van der Waals surface area contributed by atoms with Crippen LogP contribution in [0.4, 0.5) is 0 Å². The summed E-state index contributed by atoms with van der Waals surface area (Å²) in [6, 6.07) is 0. The van der Waals surface area contributed by atoms with Gasteiger partial charge in [-0.05, 0) is 18.0 Å². The van der Waals surface area contributed by atoms with Crippen molar-refractivity contribution in [2.24, 2.45) is 5.73 Å². The highest BCUT2D eigenvalue weighted by molar-refractivity contribution is 8.01. The minimum atomic E-state index is 0.884. The van der Waals surface area contributed by atoms with Crippen molar-refractivity contribution in [2.45, 2.75) is 0 Å². The van der Waals surface area contributed by atoms with E-state index in [1.165, 1.54) is 11.9 Å². The van der Waals surface area contributed by atoms with E-state index >= 15 is 0 Å². The molecule has 2 nitrogen and oxygen atoms in total. The van der Waals surface area contributed by atoms with Crippen LogP contribution in [0.25, 0.3) is 0 Å². The molecule has 0 aliphatic carbocycles. The summed E-state index contributed by atoms with van der Waals surface area (Å²) in [4.78, 5) is 0. The molecule has 0 spiro atoms. The SMILES string of the molecule is NC1=CCNS1. The number of nitrogens with one attached hydrogen (secondary N) is 1. The maximum Gasteiger partial charge on any atom is 0.0781 e. The highest BCUT2D eigenvalue weighted by Crippen LogP contribution is 2.07. The number of rotatable bonds is 0.